The lowest BCUT2D eigenvalue weighted by Crippen LogP contribution is -2.30. The molecule has 0 spiro atoms. The van der Waals surface area contributed by atoms with Crippen molar-refractivity contribution in [2.75, 3.05) is 7.11 Å². The molecule has 0 aliphatic heterocycles. The van der Waals surface area contributed by atoms with E-state index in [2.05, 4.69) is 15.4 Å². The predicted octanol–water partition coefficient (Wildman–Crippen LogP) is 1.65. The fraction of sp³-hybridized carbons (Fsp3) is 0.286. The van der Waals surface area contributed by atoms with Crippen molar-refractivity contribution in [3.8, 4) is 5.75 Å². The molecule has 0 amide bonds. The van der Waals surface area contributed by atoms with Gasteiger partial charge in [0.1, 0.15) is 11.4 Å². The Hall–Kier alpha value is -1.98. The van der Waals surface area contributed by atoms with Crippen molar-refractivity contribution < 1.29 is 4.74 Å². The van der Waals surface area contributed by atoms with Gasteiger partial charge in [-0.15, -0.1) is 0 Å². The van der Waals surface area contributed by atoms with Crippen LogP contribution in [0.25, 0.3) is 0 Å². The second-order valence-electron chi connectivity index (χ2n) is 4.37. The Balaban J connectivity index is 2.49. The molecule has 19 heavy (non-hydrogen) atoms. The monoisotopic (exact) mass is 258 g/mol. The summed E-state index contributed by atoms with van der Waals surface area (Å²) in [6, 6.07) is 7.46. The summed E-state index contributed by atoms with van der Waals surface area (Å²) in [7, 11) is 1.62. The van der Waals surface area contributed by atoms with Crippen molar-refractivity contribution in [3.63, 3.8) is 0 Å². The molecule has 2 rings (SSSR count). The maximum Gasteiger partial charge on any atom is 0.142 e. The van der Waals surface area contributed by atoms with Crippen molar-refractivity contribution in [2.45, 2.75) is 19.9 Å². The van der Waals surface area contributed by atoms with Gasteiger partial charge in [0, 0.05) is 17.6 Å². The molecule has 0 radical (unpaired) electrons. The third-order valence-electron chi connectivity index (χ3n) is 2.90. The van der Waals surface area contributed by atoms with E-state index in [1.807, 2.05) is 38.1 Å². The molecule has 2 aromatic heterocycles. The molecule has 0 aliphatic carbocycles. The van der Waals surface area contributed by atoms with Gasteiger partial charge < -0.3 is 4.74 Å². The van der Waals surface area contributed by atoms with Gasteiger partial charge in [0.25, 0.3) is 0 Å². The van der Waals surface area contributed by atoms with Crippen molar-refractivity contribution in [2.24, 2.45) is 5.84 Å². The van der Waals surface area contributed by atoms with Gasteiger partial charge in [-0.25, -0.2) is 5.43 Å². The second-order valence-corrected chi connectivity index (χ2v) is 4.37. The highest BCUT2D eigenvalue weighted by atomic mass is 16.5. The summed E-state index contributed by atoms with van der Waals surface area (Å²) < 4.78 is 5.34. The molecule has 0 saturated carbocycles. The highest BCUT2D eigenvalue weighted by Gasteiger charge is 2.18. The maximum absolute atomic E-state index is 5.69. The predicted molar refractivity (Wildman–Crippen MR) is 73.7 cm³/mol. The van der Waals surface area contributed by atoms with Gasteiger partial charge in [0.15, 0.2) is 0 Å². The van der Waals surface area contributed by atoms with E-state index in [1.54, 1.807) is 13.3 Å². The number of pyridine rings is 2. The average Bonchev–Trinajstić information content (AvgIpc) is 2.39. The van der Waals surface area contributed by atoms with Crippen LogP contribution in [0, 0.1) is 13.8 Å². The molecule has 5 nitrogen and oxygen atoms in total. The zero-order valence-electron chi connectivity index (χ0n) is 11.3. The summed E-state index contributed by atoms with van der Waals surface area (Å²) in [5, 5.41) is 0. The smallest absolute Gasteiger partial charge is 0.142 e. The van der Waals surface area contributed by atoms with Gasteiger partial charge >= 0.3 is 0 Å². The van der Waals surface area contributed by atoms with Crippen LogP contribution in [0.15, 0.2) is 30.5 Å². The summed E-state index contributed by atoms with van der Waals surface area (Å²) in [5.41, 5.74) is 6.47. The molecule has 3 N–H and O–H groups in total. The first kappa shape index (κ1) is 13.5. The van der Waals surface area contributed by atoms with Crippen molar-refractivity contribution >= 4 is 0 Å². The number of rotatable bonds is 4. The van der Waals surface area contributed by atoms with Crippen LogP contribution in [0.4, 0.5) is 0 Å². The van der Waals surface area contributed by atoms with E-state index in [-0.39, 0.29) is 6.04 Å². The molecule has 0 aliphatic rings. The molecule has 2 aromatic rings. The van der Waals surface area contributed by atoms with Crippen LogP contribution in [0.3, 0.4) is 0 Å². The zero-order chi connectivity index (χ0) is 13.8. The summed E-state index contributed by atoms with van der Waals surface area (Å²) >= 11 is 0. The Bertz CT molecular complexity index is 551. The average molecular weight is 258 g/mol. The Kier molecular flexibility index (Phi) is 4.09. The molecule has 1 unspecified atom stereocenters. The van der Waals surface area contributed by atoms with E-state index < -0.39 is 0 Å². The topological polar surface area (TPSA) is 73.1 Å². The molecule has 100 valence electrons. The molecule has 0 bridgehead atoms. The quantitative estimate of drug-likeness (QED) is 0.644. The largest absolute Gasteiger partial charge is 0.495 e. The Morgan fingerprint density at radius 2 is 1.95 bits per heavy atom. The number of aryl methyl sites for hydroxylation is 2. The first-order valence-electron chi connectivity index (χ1n) is 6.06. The summed E-state index contributed by atoms with van der Waals surface area (Å²) in [5.74, 6) is 6.40. The minimum absolute atomic E-state index is 0.225. The van der Waals surface area contributed by atoms with Gasteiger partial charge in [0.05, 0.1) is 13.2 Å². The first-order chi connectivity index (χ1) is 9.15. The van der Waals surface area contributed by atoms with E-state index in [0.29, 0.717) is 5.75 Å². The lowest BCUT2D eigenvalue weighted by Gasteiger charge is -2.19. The van der Waals surface area contributed by atoms with Gasteiger partial charge in [-0.3, -0.25) is 15.8 Å². The van der Waals surface area contributed by atoms with Crippen LogP contribution >= 0.6 is 0 Å². The molecule has 5 heteroatoms. The van der Waals surface area contributed by atoms with Gasteiger partial charge in [-0.2, -0.15) is 0 Å². The summed E-state index contributed by atoms with van der Waals surface area (Å²) in [4.78, 5) is 8.74. The van der Waals surface area contributed by atoms with Crippen LogP contribution in [0.2, 0.25) is 0 Å². The summed E-state index contributed by atoms with van der Waals surface area (Å²) in [6.07, 6.45) is 1.73. The maximum atomic E-state index is 5.69. The van der Waals surface area contributed by atoms with Crippen LogP contribution in [-0.2, 0) is 0 Å². The number of hydrogen-bond donors (Lipinski definition) is 2. The normalized spacial score (nSPS) is 12.2. The first-order valence-corrected chi connectivity index (χ1v) is 6.06. The number of methoxy groups -OCH3 is 1. The minimum atomic E-state index is -0.225. The second kappa shape index (κ2) is 5.77. The van der Waals surface area contributed by atoms with E-state index in [9.17, 15) is 0 Å². The van der Waals surface area contributed by atoms with E-state index >= 15 is 0 Å². The third kappa shape index (κ3) is 2.89. The SMILES string of the molecule is COc1cccnc1C(NN)c1cc(C)nc(C)c1. The number of hydrogen-bond acceptors (Lipinski definition) is 5. The number of ether oxygens (including phenoxy) is 1. The molecule has 0 fully saturated rings. The molecule has 0 aromatic carbocycles. The molecule has 1 atom stereocenters. The number of nitrogens with one attached hydrogen (secondary N) is 1. The standard InChI is InChI=1S/C14H18N4O/c1-9-7-11(8-10(2)17-9)13(18-15)14-12(19-3)5-4-6-16-14/h4-8,13,18H,15H2,1-3H3. The van der Waals surface area contributed by atoms with Gasteiger partial charge in [0.2, 0.25) is 0 Å². The lowest BCUT2D eigenvalue weighted by atomic mass is 10.0. The Labute approximate surface area is 112 Å². The van der Waals surface area contributed by atoms with Crippen LogP contribution in [0.1, 0.15) is 28.7 Å². The van der Waals surface area contributed by atoms with Gasteiger partial charge in [-0.05, 0) is 43.7 Å². The van der Waals surface area contributed by atoms with Crippen LogP contribution in [0.5, 0.6) is 5.75 Å². The zero-order valence-corrected chi connectivity index (χ0v) is 11.3. The summed E-state index contributed by atoms with van der Waals surface area (Å²) in [6.45, 7) is 3.92. The number of nitrogens with zero attached hydrogens (tertiary/aromatic N) is 2. The Morgan fingerprint density at radius 3 is 2.53 bits per heavy atom. The highest BCUT2D eigenvalue weighted by Crippen LogP contribution is 2.27. The number of hydrazine groups is 1. The minimum Gasteiger partial charge on any atom is -0.495 e. The lowest BCUT2D eigenvalue weighted by molar-refractivity contribution is 0.400. The van der Waals surface area contributed by atoms with E-state index in [0.717, 1.165) is 22.6 Å². The molecule has 2 heterocycles. The van der Waals surface area contributed by atoms with Crippen molar-refractivity contribution in [1.29, 1.82) is 0 Å². The molecule has 0 saturated heterocycles. The van der Waals surface area contributed by atoms with E-state index in [4.69, 9.17) is 10.6 Å². The molecular weight excluding hydrogens is 240 g/mol. The molecular formula is C14H18N4O. The van der Waals surface area contributed by atoms with Gasteiger partial charge in [-0.1, -0.05) is 0 Å². The number of nitrogens with two attached hydrogens (primary N) is 1. The highest BCUT2D eigenvalue weighted by molar-refractivity contribution is 5.37. The van der Waals surface area contributed by atoms with Crippen molar-refractivity contribution in [3.05, 3.63) is 53.1 Å². The third-order valence-corrected chi connectivity index (χ3v) is 2.90. The van der Waals surface area contributed by atoms with Crippen molar-refractivity contribution in [1.82, 2.24) is 15.4 Å². The van der Waals surface area contributed by atoms with Crippen LogP contribution < -0.4 is 16.0 Å². The fourth-order valence-electron chi connectivity index (χ4n) is 2.16. The number of aromatic nitrogens is 2. The van der Waals surface area contributed by atoms with Crippen LogP contribution in [-0.4, -0.2) is 17.1 Å². The van der Waals surface area contributed by atoms with E-state index in [1.165, 1.54) is 0 Å². The Morgan fingerprint density at radius 1 is 1.26 bits per heavy atom. The fourth-order valence-corrected chi connectivity index (χ4v) is 2.16.